The van der Waals surface area contributed by atoms with Crippen molar-refractivity contribution in [3.63, 3.8) is 0 Å². The first-order chi connectivity index (χ1) is 18.7. The molecule has 208 valence electrons. The number of para-hydroxylation sites is 1. The molecule has 0 aromatic heterocycles. The quantitative estimate of drug-likeness (QED) is 0.315. The molecule has 2 amide bonds. The lowest BCUT2D eigenvalue weighted by Crippen LogP contribution is -2.51. The third kappa shape index (κ3) is 7.83. The van der Waals surface area contributed by atoms with Gasteiger partial charge in [-0.05, 0) is 62.2 Å². The minimum Gasteiger partial charge on any atom is -0.497 e. The van der Waals surface area contributed by atoms with E-state index in [1.54, 1.807) is 74.7 Å². The van der Waals surface area contributed by atoms with Gasteiger partial charge in [0.05, 0.1) is 17.7 Å². The van der Waals surface area contributed by atoms with Gasteiger partial charge < -0.3 is 15.0 Å². The van der Waals surface area contributed by atoms with E-state index in [1.807, 2.05) is 19.9 Å². The predicted molar refractivity (Wildman–Crippen MR) is 153 cm³/mol. The Morgan fingerprint density at radius 1 is 0.974 bits per heavy atom. The minimum absolute atomic E-state index is 0.0782. The zero-order valence-electron chi connectivity index (χ0n) is 23.0. The van der Waals surface area contributed by atoms with Gasteiger partial charge in [0.15, 0.2) is 0 Å². The fourth-order valence-corrected chi connectivity index (χ4v) is 5.46. The Labute approximate surface area is 231 Å². The Morgan fingerprint density at radius 3 is 2.31 bits per heavy atom. The maximum Gasteiger partial charge on any atom is 0.264 e. The van der Waals surface area contributed by atoms with E-state index in [0.29, 0.717) is 18.0 Å². The molecule has 1 N–H and O–H groups in total. The van der Waals surface area contributed by atoms with Gasteiger partial charge in [0.25, 0.3) is 10.0 Å². The molecule has 3 aromatic carbocycles. The van der Waals surface area contributed by atoms with Crippen LogP contribution >= 0.6 is 0 Å². The summed E-state index contributed by atoms with van der Waals surface area (Å²) >= 11 is 0. The Bertz CT molecular complexity index is 1340. The normalized spacial score (nSPS) is 11.9. The van der Waals surface area contributed by atoms with Crippen LogP contribution in [0.3, 0.4) is 0 Å². The second-order valence-electron chi connectivity index (χ2n) is 9.35. The van der Waals surface area contributed by atoms with E-state index in [4.69, 9.17) is 4.74 Å². The van der Waals surface area contributed by atoms with Crippen LogP contribution in [0.5, 0.6) is 5.75 Å². The molecule has 0 spiro atoms. The zero-order valence-corrected chi connectivity index (χ0v) is 23.8. The molecular formula is C30H37N3O5S. The van der Waals surface area contributed by atoms with Crippen molar-refractivity contribution in [1.82, 2.24) is 10.2 Å². The van der Waals surface area contributed by atoms with Crippen molar-refractivity contribution in [2.24, 2.45) is 0 Å². The molecule has 3 rings (SSSR count). The van der Waals surface area contributed by atoms with Crippen molar-refractivity contribution in [2.75, 3.05) is 24.5 Å². The molecule has 0 aliphatic heterocycles. The van der Waals surface area contributed by atoms with Gasteiger partial charge in [-0.2, -0.15) is 0 Å². The van der Waals surface area contributed by atoms with Crippen LogP contribution in [0.25, 0.3) is 0 Å². The van der Waals surface area contributed by atoms with Crippen molar-refractivity contribution >= 4 is 27.5 Å². The van der Waals surface area contributed by atoms with Gasteiger partial charge in [0, 0.05) is 13.1 Å². The van der Waals surface area contributed by atoms with Crippen molar-refractivity contribution in [3.8, 4) is 5.75 Å². The van der Waals surface area contributed by atoms with Gasteiger partial charge in [-0.25, -0.2) is 8.42 Å². The highest BCUT2D eigenvalue weighted by atomic mass is 32.2. The molecule has 0 fully saturated rings. The number of unbranched alkanes of at least 4 members (excludes halogenated alkanes) is 1. The molecule has 0 heterocycles. The van der Waals surface area contributed by atoms with Crippen molar-refractivity contribution in [2.45, 2.75) is 51.1 Å². The second-order valence-corrected chi connectivity index (χ2v) is 11.2. The minimum atomic E-state index is -4.08. The fourth-order valence-electron chi connectivity index (χ4n) is 4.05. The number of methoxy groups -OCH3 is 1. The molecule has 39 heavy (non-hydrogen) atoms. The summed E-state index contributed by atoms with van der Waals surface area (Å²) in [7, 11) is -2.53. The highest BCUT2D eigenvalue weighted by molar-refractivity contribution is 7.92. The third-order valence-corrected chi connectivity index (χ3v) is 8.20. The molecule has 9 heteroatoms. The fraction of sp³-hybridized carbons (Fsp3) is 0.333. The van der Waals surface area contributed by atoms with E-state index in [1.165, 1.54) is 17.0 Å². The van der Waals surface area contributed by atoms with Crippen LogP contribution in [0.4, 0.5) is 5.69 Å². The number of aryl methyl sites for hydroxylation is 1. The van der Waals surface area contributed by atoms with E-state index in [-0.39, 0.29) is 17.3 Å². The van der Waals surface area contributed by atoms with Crippen molar-refractivity contribution < 1.29 is 22.7 Å². The molecule has 0 saturated heterocycles. The number of anilines is 1. The van der Waals surface area contributed by atoms with E-state index >= 15 is 0 Å². The predicted octanol–water partition coefficient (Wildman–Crippen LogP) is 4.53. The molecule has 0 aliphatic rings. The molecule has 0 aliphatic carbocycles. The lowest BCUT2D eigenvalue weighted by Gasteiger charge is -2.32. The summed E-state index contributed by atoms with van der Waals surface area (Å²) in [5.41, 5.74) is 2.03. The molecule has 1 atom stereocenters. The first-order valence-corrected chi connectivity index (χ1v) is 14.5. The van der Waals surface area contributed by atoms with Crippen LogP contribution in [-0.4, -0.2) is 51.4 Å². The van der Waals surface area contributed by atoms with Crippen LogP contribution in [0.1, 0.15) is 37.8 Å². The summed E-state index contributed by atoms with van der Waals surface area (Å²) in [4.78, 5) is 28.4. The number of rotatable bonds is 13. The number of sulfonamides is 1. The summed E-state index contributed by atoms with van der Waals surface area (Å²) in [5, 5.41) is 2.88. The van der Waals surface area contributed by atoms with Crippen LogP contribution in [-0.2, 0) is 26.2 Å². The van der Waals surface area contributed by atoms with Gasteiger partial charge in [-0.3, -0.25) is 13.9 Å². The smallest absolute Gasteiger partial charge is 0.264 e. The van der Waals surface area contributed by atoms with Crippen LogP contribution < -0.4 is 14.4 Å². The Kier molecular flexibility index (Phi) is 10.5. The largest absolute Gasteiger partial charge is 0.497 e. The number of benzene rings is 3. The maximum atomic E-state index is 13.9. The maximum absolute atomic E-state index is 13.9. The molecular weight excluding hydrogens is 514 g/mol. The molecule has 0 bridgehead atoms. The SMILES string of the molecule is CCCCNC(=O)[C@H](C)N(Cc1cccc(OC)c1)C(=O)CN(c1ccccc1)S(=O)(=O)c1ccc(C)cc1. The summed E-state index contributed by atoms with van der Waals surface area (Å²) in [6, 6.07) is 21.4. The Hall–Kier alpha value is -3.85. The van der Waals surface area contributed by atoms with Gasteiger partial charge in [0.2, 0.25) is 11.8 Å². The van der Waals surface area contributed by atoms with E-state index in [2.05, 4.69) is 5.32 Å². The van der Waals surface area contributed by atoms with Crippen LogP contribution in [0.15, 0.2) is 83.8 Å². The number of nitrogens with one attached hydrogen (secondary N) is 1. The monoisotopic (exact) mass is 551 g/mol. The first kappa shape index (κ1) is 29.7. The average molecular weight is 552 g/mol. The Balaban J connectivity index is 1.98. The third-order valence-electron chi connectivity index (χ3n) is 6.42. The first-order valence-electron chi connectivity index (χ1n) is 13.0. The number of hydrogen-bond acceptors (Lipinski definition) is 5. The number of ether oxygens (including phenoxy) is 1. The van der Waals surface area contributed by atoms with Gasteiger partial charge in [0.1, 0.15) is 18.3 Å². The summed E-state index contributed by atoms with van der Waals surface area (Å²) < 4.78 is 34.0. The van der Waals surface area contributed by atoms with E-state index in [0.717, 1.165) is 28.3 Å². The molecule has 0 saturated carbocycles. The standard InChI is InChI=1S/C30H37N3O5S/c1-5-6-19-31-30(35)24(3)32(21-25-11-10-14-27(20-25)38-4)29(34)22-33(26-12-8-7-9-13-26)39(36,37)28-17-15-23(2)16-18-28/h7-18,20,24H,5-6,19,21-22H2,1-4H3,(H,31,35)/t24-/m0/s1. The topological polar surface area (TPSA) is 96.0 Å². The van der Waals surface area contributed by atoms with Crippen molar-refractivity contribution in [3.05, 3.63) is 90.0 Å². The number of hydrogen-bond donors (Lipinski definition) is 1. The molecule has 3 aromatic rings. The van der Waals surface area contributed by atoms with E-state index in [9.17, 15) is 18.0 Å². The number of carbonyl (C=O) groups is 2. The lowest BCUT2D eigenvalue weighted by atomic mass is 10.1. The highest BCUT2D eigenvalue weighted by Crippen LogP contribution is 2.25. The number of carbonyl (C=O) groups excluding carboxylic acids is 2. The summed E-state index contributed by atoms with van der Waals surface area (Å²) in [6.07, 6.45) is 1.74. The molecule has 0 radical (unpaired) electrons. The summed E-state index contributed by atoms with van der Waals surface area (Å²) in [6.45, 7) is 5.68. The van der Waals surface area contributed by atoms with E-state index < -0.39 is 28.5 Å². The van der Waals surface area contributed by atoms with Gasteiger partial charge in [-0.15, -0.1) is 0 Å². The zero-order chi connectivity index (χ0) is 28.4. The van der Waals surface area contributed by atoms with Crippen LogP contribution in [0.2, 0.25) is 0 Å². The van der Waals surface area contributed by atoms with Crippen LogP contribution in [0, 0.1) is 6.92 Å². The van der Waals surface area contributed by atoms with Gasteiger partial charge >= 0.3 is 0 Å². The average Bonchev–Trinajstić information content (AvgIpc) is 2.95. The van der Waals surface area contributed by atoms with Gasteiger partial charge in [-0.1, -0.05) is 61.4 Å². The number of amides is 2. The highest BCUT2D eigenvalue weighted by Gasteiger charge is 2.32. The molecule has 8 nitrogen and oxygen atoms in total. The second kappa shape index (κ2) is 13.8. The van der Waals surface area contributed by atoms with Crippen molar-refractivity contribution in [1.29, 1.82) is 0 Å². The number of nitrogens with zero attached hydrogens (tertiary/aromatic N) is 2. The summed E-state index contributed by atoms with van der Waals surface area (Å²) in [5.74, 6) is -0.185. The Morgan fingerprint density at radius 2 is 1.67 bits per heavy atom. The lowest BCUT2D eigenvalue weighted by molar-refractivity contribution is -0.139. The molecule has 0 unspecified atom stereocenters.